The van der Waals surface area contributed by atoms with Crippen molar-refractivity contribution >= 4 is 11.8 Å². The average Bonchev–Trinajstić information content (AvgIpc) is 3.10. The lowest BCUT2D eigenvalue weighted by Crippen LogP contribution is -2.25. The van der Waals surface area contributed by atoms with Crippen LogP contribution in [-0.2, 0) is 11.2 Å². The minimum Gasteiger partial charge on any atom is -0.366 e. The Morgan fingerprint density at radius 3 is 2.65 bits per heavy atom. The van der Waals surface area contributed by atoms with Crippen LogP contribution in [0.5, 0.6) is 0 Å². The molecule has 1 aromatic rings. The second-order valence-electron chi connectivity index (χ2n) is 4.36. The Labute approximate surface area is 100 Å². The largest absolute Gasteiger partial charge is 0.366 e. The summed E-state index contributed by atoms with van der Waals surface area (Å²) in [5, 5.41) is 2.92. The summed E-state index contributed by atoms with van der Waals surface area (Å²) in [6, 6.07) is 7.53. The van der Waals surface area contributed by atoms with Crippen LogP contribution in [-0.4, -0.2) is 17.9 Å². The number of carbonyl (C=O) groups is 2. The second kappa shape index (κ2) is 4.99. The van der Waals surface area contributed by atoms with E-state index in [0.29, 0.717) is 24.4 Å². The van der Waals surface area contributed by atoms with Crippen LogP contribution in [0.3, 0.4) is 0 Å². The van der Waals surface area contributed by atoms with Gasteiger partial charge in [0, 0.05) is 18.0 Å². The standard InChI is InChI=1S/C13H16N2O2/c14-13(17)11-4-2-1-3-9(11)5-8-12(16)15-10-6-7-10/h1-4,10H,5-8H2,(H2,14,17)(H,15,16). The number of aryl methyl sites for hydroxylation is 1. The van der Waals surface area contributed by atoms with Crippen molar-refractivity contribution in [1.29, 1.82) is 0 Å². The zero-order valence-electron chi connectivity index (χ0n) is 9.61. The molecule has 4 nitrogen and oxygen atoms in total. The third-order valence-corrected chi connectivity index (χ3v) is 2.85. The van der Waals surface area contributed by atoms with E-state index in [9.17, 15) is 9.59 Å². The first-order valence-electron chi connectivity index (χ1n) is 5.84. The molecule has 1 aliphatic carbocycles. The molecule has 0 saturated heterocycles. The zero-order valence-corrected chi connectivity index (χ0v) is 9.61. The lowest BCUT2D eigenvalue weighted by molar-refractivity contribution is -0.121. The lowest BCUT2D eigenvalue weighted by atomic mass is 10.0. The van der Waals surface area contributed by atoms with Crippen molar-refractivity contribution in [2.45, 2.75) is 31.7 Å². The van der Waals surface area contributed by atoms with Crippen LogP contribution >= 0.6 is 0 Å². The number of primary amides is 1. The van der Waals surface area contributed by atoms with E-state index in [1.54, 1.807) is 12.1 Å². The van der Waals surface area contributed by atoms with Crippen LogP contribution in [0.2, 0.25) is 0 Å². The molecule has 0 unspecified atom stereocenters. The number of hydrogen-bond donors (Lipinski definition) is 2. The topological polar surface area (TPSA) is 72.2 Å². The van der Waals surface area contributed by atoms with E-state index in [1.165, 1.54) is 0 Å². The van der Waals surface area contributed by atoms with Crippen LogP contribution in [0.1, 0.15) is 35.2 Å². The molecule has 0 bridgehead atoms. The van der Waals surface area contributed by atoms with Crippen molar-refractivity contribution in [3.05, 3.63) is 35.4 Å². The Bertz CT molecular complexity index is 439. The first-order valence-corrected chi connectivity index (χ1v) is 5.84. The monoisotopic (exact) mass is 232 g/mol. The molecule has 0 spiro atoms. The Hall–Kier alpha value is -1.84. The smallest absolute Gasteiger partial charge is 0.248 e. The molecule has 4 heteroatoms. The van der Waals surface area contributed by atoms with E-state index in [1.807, 2.05) is 12.1 Å². The molecule has 0 aromatic heterocycles. The highest BCUT2D eigenvalue weighted by molar-refractivity contribution is 5.94. The van der Waals surface area contributed by atoms with Gasteiger partial charge in [-0.25, -0.2) is 0 Å². The zero-order chi connectivity index (χ0) is 12.3. The molecular weight excluding hydrogens is 216 g/mol. The summed E-state index contributed by atoms with van der Waals surface area (Å²) in [5.74, 6) is -0.394. The maximum Gasteiger partial charge on any atom is 0.248 e. The van der Waals surface area contributed by atoms with E-state index in [0.717, 1.165) is 18.4 Å². The van der Waals surface area contributed by atoms with E-state index in [2.05, 4.69) is 5.32 Å². The molecule has 3 N–H and O–H groups in total. The Morgan fingerprint density at radius 1 is 1.29 bits per heavy atom. The number of benzene rings is 1. The third-order valence-electron chi connectivity index (χ3n) is 2.85. The minimum atomic E-state index is -0.441. The van der Waals surface area contributed by atoms with E-state index in [4.69, 9.17) is 5.73 Å². The van der Waals surface area contributed by atoms with Gasteiger partial charge < -0.3 is 11.1 Å². The SMILES string of the molecule is NC(=O)c1ccccc1CCC(=O)NC1CC1. The Balaban J connectivity index is 1.93. The highest BCUT2D eigenvalue weighted by atomic mass is 16.2. The molecule has 0 atom stereocenters. The van der Waals surface area contributed by atoms with Gasteiger partial charge in [0.05, 0.1) is 0 Å². The molecule has 1 fully saturated rings. The summed E-state index contributed by atoms with van der Waals surface area (Å²) < 4.78 is 0. The van der Waals surface area contributed by atoms with Gasteiger partial charge in [-0.15, -0.1) is 0 Å². The molecule has 1 aliphatic rings. The van der Waals surface area contributed by atoms with Crippen molar-refractivity contribution in [2.75, 3.05) is 0 Å². The highest BCUT2D eigenvalue weighted by Crippen LogP contribution is 2.19. The predicted molar refractivity (Wildman–Crippen MR) is 64.4 cm³/mol. The van der Waals surface area contributed by atoms with Gasteiger partial charge >= 0.3 is 0 Å². The number of nitrogens with two attached hydrogens (primary N) is 1. The maximum atomic E-state index is 11.5. The van der Waals surface area contributed by atoms with Crippen molar-refractivity contribution < 1.29 is 9.59 Å². The molecular formula is C13H16N2O2. The molecule has 2 amide bonds. The highest BCUT2D eigenvalue weighted by Gasteiger charge is 2.23. The van der Waals surface area contributed by atoms with Crippen LogP contribution in [0, 0.1) is 0 Å². The summed E-state index contributed by atoms with van der Waals surface area (Å²) in [5.41, 5.74) is 6.62. The van der Waals surface area contributed by atoms with Gasteiger partial charge in [-0.05, 0) is 30.9 Å². The average molecular weight is 232 g/mol. The first-order chi connectivity index (χ1) is 8.16. The third kappa shape index (κ3) is 3.31. The van der Waals surface area contributed by atoms with Gasteiger partial charge in [0.15, 0.2) is 0 Å². The summed E-state index contributed by atoms with van der Waals surface area (Å²) in [4.78, 5) is 22.7. The maximum absolute atomic E-state index is 11.5. The fourth-order valence-electron chi connectivity index (χ4n) is 1.75. The van der Waals surface area contributed by atoms with Crippen molar-refractivity contribution in [1.82, 2.24) is 5.32 Å². The molecule has 1 saturated carbocycles. The minimum absolute atomic E-state index is 0.0479. The Morgan fingerprint density at radius 2 is 2.00 bits per heavy atom. The molecule has 0 aliphatic heterocycles. The summed E-state index contributed by atoms with van der Waals surface area (Å²) in [6.07, 6.45) is 3.13. The summed E-state index contributed by atoms with van der Waals surface area (Å²) >= 11 is 0. The predicted octanol–water partition coefficient (Wildman–Crippen LogP) is 0.997. The Kier molecular flexibility index (Phi) is 3.42. The van der Waals surface area contributed by atoms with Crippen LogP contribution in [0.25, 0.3) is 0 Å². The van der Waals surface area contributed by atoms with Crippen molar-refractivity contribution in [3.8, 4) is 0 Å². The van der Waals surface area contributed by atoms with Gasteiger partial charge in [0.2, 0.25) is 11.8 Å². The number of carbonyl (C=O) groups excluding carboxylic acids is 2. The van der Waals surface area contributed by atoms with Crippen LogP contribution in [0.15, 0.2) is 24.3 Å². The van der Waals surface area contributed by atoms with Gasteiger partial charge in [-0.2, -0.15) is 0 Å². The summed E-state index contributed by atoms with van der Waals surface area (Å²) in [7, 11) is 0. The summed E-state index contributed by atoms with van der Waals surface area (Å²) in [6.45, 7) is 0. The second-order valence-corrected chi connectivity index (χ2v) is 4.36. The van der Waals surface area contributed by atoms with Crippen molar-refractivity contribution in [2.24, 2.45) is 5.73 Å². The fraction of sp³-hybridized carbons (Fsp3) is 0.385. The normalized spacial score (nSPS) is 14.4. The van der Waals surface area contributed by atoms with E-state index >= 15 is 0 Å². The van der Waals surface area contributed by atoms with Crippen LogP contribution in [0.4, 0.5) is 0 Å². The van der Waals surface area contributed by atoms with Gasteiger partial charge in [0.25, 0.3) is 0 Å². The quantitative estimate of drug-likeness (QED) is 0.794. The number of nitrogens with one attached hydrogen (secondary N) is 1. The lowest BCUT2D eigenvalue weighted by Gasteiger charge is -2.06. The number of hydrogen-bond acceptors (Lipinski definition) is 2. The fourth-order valence-corrected chi connectivity index (χ4v) is 1.75. The van der Waals surface area contributed by atoms with E-state index < -0.39 is 5.91 Å². The molecule has 17 heavy (non-hydrogen) atoms. The molecule has 0 heterocycles. The first kappa shape index (κ1) is 11.6. The molecule has 2 rings (SSSR count). The van der Waals surface area contributed by atoms with Gasteiger partial charge in [-0.3, -0.25) is 9.59 Å². The van der Waals surface area contributed by atoms with E-state index in [-0.39, 0.29) is 5.91 Å². The van der Waals surface area contributed by atoms with Gasteiger partial charge in [0.1, 0.15) is 0 Å². The molecule has 1 aromatic carbocycles. The van der Waals surface area contributed by atoms with Crippen molar-refractivity contribution in [3.63, 3.8) is 0 Å². The number of rotatable bonds is 5. The van der Waals surface area contributed by atoms with Gasteiger partial charge in [-0.1, -0.05) is 18.2 Å². The number of amides is 2. The van der Waals surface area contributed by atoms with Crippen LogP contribution < -0.4 is 11.1 Å². The molecule has 0 radical (unpaired) electrons. The molecule has 90 valence electrons.